The summed E-state index contributed by atoms with van der Waals surface area (Å²) in [5, 5.41) is 9.83. The molecule has 1 aromatic heterocycles. The minimum Gasteiger partial charge on any atom is -0.352 e. The maximum absolute atomic E-state index is 8.64. The SMILES string of the molecule is CCCc1nc(-c2cccc(C)c2)c(C2=CCN(Cc3ccccc3)C(=N)C2)s1. The highest BCUT2D eigenvalue weighted by atomic mass is 32.1. The van der Waals surface area contributed by atoms with Crippen LogP contribution >= 0.6 is 11.3 Å². The van der Waals surface area contributed by atoms with Crippen LogP contribution in [0.25, 0.3) is 16.8 Å². The van der Waals surface area contributed by atoms with Gasteiger partial charge >= 0.3 is 0 Å². The lowest BCUT2D eigenvalue weighted by molar-refractivity contribution is 0.441. The number of hydrogen-bond acceptors (Lipinski definition) is 3. The van der Waals surface area contributed by atoms with Crippen LogP contribution in [0.1, 0.15) is 40.8 Å². The van der Waals surface area contributed by atoms with Crippen LogP contribution in [0, 0.1) is 12.3 Å². The Kier molecular flexibility index (Phi) is 5.91. The predicted octanol–water partition coefficient (Wildman–Crippen LogP) is 6.34. The Morgan fingerprint density at radius 2 is 1.93 bits per heavy atom. The van der Waals surface area contributed by atoms with Crippen LogP contribution in [0.3, 0.4) is 0 Å². The van der Waals surface area contributed by atoms with Crippen LogP contribution in [0.4, 0.5) is 0 Å². The Morgan fingerprint density at radius 1 is 1.10 bits per heavy atom. The molecule has 1 N–H and O–H groups in total. The van der Waals surface area contributed by atoms with Crippen molar-refractivity contribution >= 4 is 22.7 Å². The minimum atomic E-state index is 0.666. The van der Waals surface area contributed by atoms with Crippen LogP contribution in [-0.4, -0.2) is 22.3 Å². The Morgan fingerprint density at radius 3 is 2.66 bits per heavy atom. The van der Waals surface area contributed by atoms with Crippen molar-refractivity contribution in [2.75, 3.05) is 6.54 Å². The molecule has 0 saturated carbocycles. The lowest BCUT2D eigenvalue weighted by Gasteiger charge is -2.29. The number of nitrogens with zero attached hydrogens (tertiary/aromatic N) is 2. The fourth-order valence-corrected chi connectivity index (χ4v) is 4.95. The Bertz CT molecular complexity index is 1030. The molecule has 0 saturated heterocycles. The van der Waals surface area contributed by atoms with E-state index in [0.29, 0.717) is 12.3 Å². The van der Waals surface area contributed by atoms with E-state index in [4.69, 9.17) is 10.4 Å². The van der Waals surface area contributed by atoms with E-state index in [9.17, 15) is 0 Å². The first-order valence-electron chi connectivity index (χ1n) is 10.3. The molecule has 29 heavy (non-hydrogen) atoms. The van der Waals surface area contributed by atoms with Gasteiger partial charge in [0.05, 0.1) is 15.6 Å². The summed E-state index contributed by atoms with van der Waals surface area (Å²) in [6.07, 6.45) is 5.07. The van der Waals surface area contributed by atoms with Crippen molar-refractivity contribution in [1.29, 1.82) is 5.41 Å². The minimum absolute atomic E-state index is 0.666. The summed E-state index contributed by atoms with van der Waals surface area (Å²) in [4.78, 5) is 8.38. The molecule has 2 aromatic carbocycles. The standard InChI is InChI=1S/C25H27N3S/c1-3-8-23-27-24(20-12-7-9-18(2)15-20)25(29-23)21-13-14-28(22(26)16-21)17-19-10-5-4-6-11-19/h4-7,9-13,15,26H,3,8,14,16-17H2,1-2H3. The van der Waals surface area contributed by atoms with Gasteiger partial charge in [-0.05, 0) is 37.0 Å². The highest BCUT2D eigenvalue weighted by Crippen LogP contribution is 2.37. The van der Waals surface area contributed by atoms with Crippen molar-refractivity contribution in [3.8, 4) is 11.3 Å². The molecular weight excluding hydrogens is 374 g/mol. The van der Waals surface area contributed by atoms with Gasteiger partial charge in [-0.15, -0.1) is 11.3 Å². The van der Waals surface area contributed by atoms with E-state index in [1.54, 1.807) is 11.3 Å². The van der Waals surface area contributed by atoms with Gasteiger partial charge in [-0.2, -0.15) is 0 Å². The van der Waals surface area contributed by atoms with Crippen molar-refractivity contribution in [3.05, 3.63) is 81.7 Å². The number of aryl methyl sites for hydroxylation is 2. The molecule has 0 aliphatic carbocycles. The molecule has 148 valence electrons. The fourth-order valence-electron chi connectivity index (χ4n) is 3.72. The molecule has 3 nitrogen and oxygen atoms in total. The molecule has 0 bridgehead atoms. The molecule has 1 aliphatic rings. The summed E-state index contributed by atoms with van der Waals surface area (Å²) in [7, 11) is 0. The summed E-state index contributed by atoms with van der Waals surface area (Å²) in [5.74, 6) is 0.687. The molecule has 1 aliphatic heterocycles. The number of thiazole rings is 1. The predicted molar refractivity (Wildman–Crippen MR) is 123 cm³/mol. The van der Waals surface area contributed by atoms with Crippen LogP contribution < -0.4 is 0 Å². The van der Waals surface area contributed by atoms with E-state index in [1.165, 1.54) is 32.1 Å². The maximum Gasteiger partial charge on any atom is 0.101 e. The molecular formula is C25H27N3S. The molecule has 0 radical (unpaired) electrons. The van der Waals surface area contributed by atoms with E-state index in [2.05, 4.69) is 73.4 Å². The lowest BCUT2D eigenvalue weighted by Crippen LogP contribution is -2.33. The molecule has 4 heteroatoms. The van der Waals surface area contributed by atoms with Gasteiger partial charge in [-0.3, -0.25) is 5.41 Å². The van der Waals surface area contributed by atoms with Gasteiger partial charge in [0, 0.05) is 25.1 Å². The van der Waals surface area contributed by atoms with Crippen molar-refractivity contribution in [3.63, 3.8) is 0 Å². The third-order valence-electron chi connectivity index (χ3n) is 5.23. The molecule has 0 amide bonds. The van der Waals surface area contributed by atoms with E-state index >= 15 is 0 Å². The quantitative estimate of drug-likeness (QED) is 0.524. The van der Waals surface area contributed by atoms with Crippen LogP contribution in [0.15, 0.2) is 60.7 Å². The summed E-state index contributed by atoms with van der Waals surface area (Å²) in [6.45, 7) is 5.89. The average molecular weight is 402 g/mol. The topological polar surface area (TPSA) is 40.0 Å². The molecule has 0 atom stereocenters. The van der Waals surface area contributed by atoms with Gasteiger partial charge in [-0.25, -0.2) is 4.98 Å². The number of hydrogen-bond donors (Lipinski definition) is 1. The number of benzene rings is 2. The highest BCUT2D eigenvalue weighted by Gasteiger charge is 2.23. The molecule has 0 unspecified atom stereocenters. The zero-order valence-corrected chi connectivity index (χ0v) is 17.9. The van der Waals surface area contributed by atoms with Gasteiger partial charge in [0.2, 0.25) is 0 Å². The number of rotatable bonds is 6. The molecule has 4 rings (SSSR count). The number of amidine groups is 1. The van der Waals surface area contributed by atoms with E-state index in [1.807, 2.05) is 6.07 Å². The Balaban J connectivity index is 1.63. The molecule has 0 fully saturated rings. The largest absolute Gasteiger partial charge is 0.352 e. The van der Waals surface area contributed by atoms with E-state index in [-0.39, 0.29) is 0 Å². The second kappa shape index (κ2) is 8.75. The molecule has 0 spiro atoms. The van der Waals surface area contributed by atoms with Gasteiger partial charge in [0.15, 0.2) is 0 Å². The van der Waals surface area contributed by atoms with E-state index < -0.39 is 0 Å². The number of nitrogens with one attached hydrogen (secondary N) is 1. The normalized spacial score (nSPS) is 14.2. The van der Waals surface area contributed by atoms with Crippen LogP contribution in [0.5, 0.6) is 0 Å². The van der Waals surface area contributed by atoms with Gasteiger partial charge in [0.25, 0.3) is 0 Å². The Hall–Kier alpha value is -2.72. The lowest BCUT2D eigenvalue weighted by atomic mass is 10.00. The zero-order chi connectivity index (χ0) is 20.2. The second-order valence-electron chi connectivity index (χ2n) is 7.62. The maximum atomic E-state index is 8.64. The Labute approximate surface area is 177 Å². The van der Waals surface area contributed by atoms with Gasteiger partial charge in [-0.1, -0.05) is 67.1 Å². The van der Waals surface area contributed by atoms with Gasteiger partial charge in [0.1, 0.15) is 5.84 Å². The van der Waals surface area contributed by atoms with Crippen LogP contribution in [0.2, 0.25) is 0 Å². The zero-order valence-electron chi connectivity index (χ0n) is 17.1. The van der Waals surface area contributed by atoms with Crippen molar-refractivity contribution in [2.24, 2.45) is 0 Å². The summed E-state index contributed by atoms with van der Waals surface area (Å²) < 4.78 is 0. The summed E-state index contributed by atoms with van der Waals surface area (Å²) in [5.41, 5.74) is 6.00. The third-order valence-corrected chi connectivity index (χ3v) is 6.42. The monoisotopic (exact) mass is 401 g/mol. The summed E-state index contributed by atoms with van der Waals surface area (Å²) >= 11 is 1.80. The van der Waals surface area contributed by atoms with Crippen molar-refractivity contribution in [1.82, 2.24) is 9.88 Å². The van der Waals surface area contributed by atoms with Crippen molar-refractivity contribution in [2.45, 2.75) is 39.7 Å². The third kappa shape index (κ3) is 4.48. The number of aromatic nitrogens is 1. The summed E-state index contributed by atoms with van der Waals surface area (Å²) in [6, 6.07) is 19.0. The first kappa shape index (κ1) is 19.6. The van der Waals surface area contributed by atoms with Crippen molar-refractivity contribution < 1.29 is 0 Å². The van der Waals surface area contributed by atoms with Crippen LogP contribution in [-0.2, 0) is 13.0 Å². The molecule has 3 aromatic rings. The average Bonchev–Trinajstić information content (AvgIpc) is 3.15. The highest BCUT2D eigenvalue weighted by molar-refractivity contribution is 7.13. The first-order chi connectivity index (χ1) is 14.1. The van der Waals surface area contributed by atoms with Gasteiger partial charge < -0.3 is 4.90 Å². The van der Waals surface area contributed by atoms with E-state index in [0.717, 1.165) is 31.6 Å². The fraction of sp³-hybridized carbons (Fsp3) is 0.280. The first-order valence-corrected chi connectivity index (χ1v) is 11.1. The molecule has 2 heterocycles. The smallest absolute Gasteiger partial charge is 0.101 e. The second-order valence-corrected chi connectivity index (χ2v) is 8.71.